The van der Waals surface area contributed by atoms with Crippen LogP contribution in [0.1, 0.15) is 16.7 Å². The molecule has 0 amide bonds. The van der Waals surface area contributed by atoms with Crippen molar-refractivity contribution in [2.75, 3.05) is 0 Å². The van der Waals surface area contributed by atoms with Crippen LogP contribution in [0.2, 0.25) is 0 Å². The summed E-state index contributed by atoms with van der Waals surface area (Å²) in [7, 11) is 0. The van der Waals surface area contributed by atoms with Gasteiger partial charge in [0.05, 0.1) is 17.1 Å². The Hall–Kier alpha value is -4.53. The van der Waals surface area contributed by atoms with Crippen LogP contribution in [-0.4, -0.2) is 19.6 Å². The van der Waals surface area contributed by atoms with Crippen molar-refractivity contribution in [3.63, 3.8) is 0 Å². The van der Waals surface area contributed by atoms with Crippen LogP contribution in [0.3, 0.4) is 0 Å². The second-order valence-electron chi connectivity index (χ2n) is 10.6. The Labute approximate surface area is 259 Å². The molecule has 0 saturated carbocycles. The van der Waals surface area contributed by atoms with Gasteiger partial charge in [0.15, 0.2) is 0 Å². The molecule has 0 atom stereocenters. The van der Waals surface area contributed by atoms with Gasteiger partial charge in [0.1, 0.15) is 5.82 Å². The third-order valence-electron chi connectivity index (χ3n) is 7.73. The van der Waals surface area contributed by atoms with Gasteiger partial charge in [0.25, 0.3) is 0 Å². The zero-order chi connectivity index (χ0) is 28.1. The maximum atomic E-state index is 10.5. The molecule has 0 spiro atoms. The smallest absolute Gasteiger partial charge is 0.136 e. The first kappa shape index (κ1) is 27.6. The molecule has 5 heteroatoms. The standard InChI is InChI=1S/C37H28N3O.Pt/c1-23-19-24(2)37(25(3)20-23)27-17-18-38-32(21-27)31-11-8-14-36(39-31)40-33-12-6-4-10-29(33)30-16-15-26(22-34(30)40)28-9-5-7-13-35(28)41;/h4-21,41H,1-3H3;/q-1;. The van der Waals surface area contributed by atoms with Crippen LogP contribution < -0.4 is 0 Å². The van der Waals surface area contributed by atoms with E-state index in [1.165, 1.54) is 22.3 Å². The maximum Gasteiger partial charge on any atom is 0.136 e. The normalized spacial score (nSPS) is 11.1. The van der Waals surface area contributed by atoms with Gasteiger partial charge in [-0.3, -0.25) is 4.98 Å². The summed E-state index contributed by atoms with van der Waals surface area (Å²) in [6.07, 6.45) is 1.87. The largest absolute Gasteiger partial charge is 0.517 e. The van der Waals surface area contributed by atoms with Crippen molar-refractivity contribution in [3.05, 3.63) is 132 Å². The minimum absolute atomic E-state index is 0. The van der Waals surface area contributed by atoms with E-state index in [9.17, 15) is 5.11 Å². The Balaban J connectivity index is 0.00000316. The van der Waals surface area contributed by atoms with Crippen molar-refractivity contribution in [2.24, 2.45) is 0 Å². The van der Waals surface area contributed by atoms with Gasteiger partial charge in [-0.2, -0.15) is 0 Å². The summed E-state index contributed by atoms with van der Waals surface area (Å²) >= 11 is 0. The van der Waals surface area contributed by atoms with Crippen molar-refractivity contribution in [1.82, 2.24) is 14.5 Å². The van der Waals surface area contributed by atoms with Gasteiger partial charge in [0, 0.05) is 32.8 Å². The molecule has 0 radical (unpaired) electrons. The Morgan fingerprint density at radius 3 is 2.29 bits per heavy atom. The molecule has 208 valence electrons. The molecule has 0 aliphatic carbocycles. The molecule has 0 aliphatic heterocycles. The Morgan fingerprint density at radius 2 is 1.48 bits per heavy atom. The number of hydrogen-bond donors (Lipinski definition) is 1. The fourth-order valence-electron chi connectivity index (χ4n) is 6.04. The zero-order valence-electron chi connectivity index (χ0n) is 23.5. The van der Waals surface area contributed by atoms with Crippen LogP contribution in [0.5, 0.6) is 5.75 Å². The Morgan fingerprint density at radius 1 is 0.714 bits per heavy atom. The van der Waals surface area contributed by atoms with E-state index in [2.05, 4.69) is 79.9 Å². The van der Waals surface area contributed by atoms with Crippen LogP contribution in [0.15, 0.2) is 109 Å². The fourth-order valence-corrected chi connectivity index (χ4v) is 6.04. The van der Waals surface area contributed by atoms with Crippen LogP contribution in [-0.2, 0) is 21.1 Å². The van der Waals surface area contributed by atoms with Crippen molar-refractivity contribution in [3.8, 4) is 45.2 Å². The topological polar surface area (TPSA) is 50.9 Å². The first-order chi connectivity index (χ1) is 20.0. The second kappa shape index (κ2) is 11.0. The number of pyridine rings is 2. The summed E-state index contributed by atoms with van der Waals surface area (Å²) in [4.78, 5) is 9.85. The fraction of sp³-hybridized carbons (Fsp3) is 0.0811. The average molecular weight is 726 g/mol. The summed E-state index contributed by atoms with van der Waals surface area (Å²) in [5.41, 5.74) is 11.3. The van der Waals surface area contributed by atoms with Gasteiger partial charge in [-0.25, -0.2) is 4.98 Å². The number of para-hydroxylation sites is 2. The predicted molar refractivity (Wildman–Crippen MR) is 167 cm³/mol. The van der Waals surface area contributed by atoms with Gasteiger partial charge in [0.2, 0.25) is 0 Å². The van der Waals surface area contributed by atoms with Gasteiger partial charge in [-0.1, -0.05) is 71.1 Å². The number of rotatable bonds is 4. The van der Waals surface area contributed by atoms with Gasteiger partial charge < -0.3 is 9.67 Å². The number of aromatic nitrogens is 3. The molecular weight excluding hydrogens is 698 g/mol. The molecule has 3 heterocycles. The maximum absolute atomic E-state index is 10.5. The first-order valence-corrected chi connectivity index (χ1v) is 13.7. The summed E-state index contributed by atoms with van der Waals surface area (Å²) < 4.78 is 2.15. The van der Waals surface area contributed by atoms with Crippen molar-refractivity contribution < 1.29 is 26.2 Å². The molecular formula is C37H28N3OPt-. The van der Waals surface area contributed by atoms with Crippen molar-refractivity contribution in [2.45, 2.75) is 20.8 Å². The SMILES string of the molecule is Cc1cc(C)c(-c2ccnc(-c3cccc(-n4c5[c-]c(-c6ccccc6O)ccc5c5ccccc54)n3)c2)c(C)c1.[Pt]. The van der Waals surface area contributed by atoms with Gasteiger partial charge in [-0.05, 0) is 90.3 Å². The molecule has 42 heavy (non-hydrogen) atoms. The number of fused-ring (bicyclic) bond motifs is 3. The van der Waals surface area contributed by atoms with E-state index in [-0.39, 0.29) is 26.8 Å². The van der Waals surface area contributed by atoms with E-state index < -0.39 is 0 Å². The monoisotopic (exact) mass is 725 g/mol. The molecule has 3 aromatic heterocycles. The Bertz CT molecular complexity index is 2090. The number of hydrogen-bond acceptors (Lipinski definition) is 3. The molecule has 7 rings (SSSR count). The minimum Gasteiger partial charge on any atom is -0.517 e. The number of aryl methyl sites for hydroxylation is 3. The number of phenolic OH excluding ortho intramolecular Hbond substituents is 1. The quantitative estimate of drug-likeness (QED) is 0.185. The number of benzene rings is 4. The van der Waals surface area contributed by atoms with Crippen LogP contribution in [0.4, 0.5) is 0 Å². The number of phenols is 1. The third kappa shape index (κ3) is 4.72. The second-order valence-corrected chi connectivity index (χ2v) is 10.6. The first-order valence-electron chi connectivity index (χ1n) is 13.7. The van der Waals surface area contributed by atoms with Crippen LogP contribution in [0.25, 0.3) is 61.3 Å². The Kier molecular flexibility index (Phi) is 7.26. The van der Waals surface area contributed by atoms with E-state index in [0.717, 1.165) is 55.7 Å². The van der Waals surface area contributed by atoms with E-state index in [1.54, 1.807) is 6.07 Å². The molecule has 0 saturated heterocycles. The third-order valence-corrected chi connectivity index (χ3v) is 7.73. The molecule has 0 aliphatic rings. The molecule has 0 bridgehead atoms. The number of nitrogens with zero attached hydrogens (tertiary/aromatic N) is 3. The summed E-state index contributed by atoms with van der Waals surface area (Å²) in [5, 5.41) is 12.7. The van der Waals surface area contributed by atoms with Gasteiger partial charge in [-0.15, -0.1) is 23.8 Å². The molecule has 0 fully saturated rings. The molecule has 0 unspecified atom stereocenters. The zero-order valence-corrected chi connectivity index (χ0v) is 25.8. The summed E-state index contributed by atoms with van der Waals surface area (Å²) in [6, 6.07) is 38.1. The molecule has 4 aromatic carbocycles. The molecule has 7 aromatic rings. The van der Waals surface area contributed by atoms with E-state index >= 15 is 0 Å². The predicted octanol–water partition coefficient (Wildman–Crippen LogP) is 9.00. The molecule has 1 N–H and O–H groups in total. The summed E-state index contributed by atoms with van der Waals surface area (Å²) in [5.74, 6) is 1.02. The van der Waals surface area contributed by atoms with E-state index in [0.29, 0.717) is 0 Å². The minimum atomic E-state index is 0. The molecule has 4 nitrogen and oxygen atoms in total. The van der Waals surface area contributed by atoms with Crippen molar-refractivity contribution in [1.29, 1.82) is 0 Å². The van der Waals surface area contributed by atoms with Crippen LogP contribution in [0, 0.1) is 26.8 Å². The number of aromatic hydroxyl groups is 1. The summed E-state index contributed by atoms with van der Waals surface area (Å²) in [6.45, 7) is 6.46. The van der Waals surface area contributed by atoms with E-state index in [1.807, 2.05) is 54.7 Å². The average Bonchev–Trinajstić information content (AvgIpc) is 3.31. The van der Waals surface area contributed by atoms with E-state index in [4.69, 9.17) is 9.97 Å². The van der Waals surface area contributed by atoms with Crippen molar-refractivity contribution >= 4 is 21.8 Å². The van der Waals surface area contributed by atoms with Gasteiger partial charge >= 0.3 is 0 Å². The van der Waals surface area contributed by atoms with Crippen LogP contribution >= 0.6 is 0 Å².